The summed E-state index contributed by atoms with van der Waals surface area (Å²) in [5.41, 5.74) is 0. The molecule has 214 valence electrons. The number of ketones is 1. The zero-order chi connectivity index (χ0) is 29.6. The van der Waals surface area contributed by atoms with Gasteiger partial charge in [-0.3, -0.25) is 38.4 Å². The van der Waals surface area contributed by atoms with E-state index in [1.54, 1.807) is 13.8 Å². The molecular weight excluding hydrogens is 532 g/mol. The van der Waals surface area contributed by atoms with Gasteiger partial charge >= 0.3 is 17.9 Å². The normalized spacial score (nSPS) is 13.8. The van der Waals surface area contributed by atoms with Crippen molar-refractivity contribution in [3.05, 3.63) is 0 Å². The number of hydrogen-bond donors (Lipinski definition) is 7. The van der Waals surface area contributed by atoms with E-state index in [0.717, 1.165) is 6.92 Å². The fourth-order valence-corrected chi connectivity index (χ4v) is 3.35. The summed E-state index contributed by atoms with van der Waals surface area (Å²) in [4.78, 5) is 95.0. The molecule has 0 radical (unpaired) electrons. The van der Waals surface area contributed by atoms with E-state index < -0.39 is 109 Å². The fourth-order valence-electron chi connectivity index (χ4n) is 3.16. The number of aliphatic carboxylic acids is 3. The van der Waals surface area contributed by atoms with Gasteiger partial charge in [-0.05, 0) is 18.8 Å². The van der Waals surface area contributed by atoms with Crippen molar-refractivity contribution in [2.24, 2.45) is 5.92 Å². The maximum atomic E-state index is 13.0. The highest BCUT2D eigenvalue weighted by atomic mass is 35.5. The van der Waals surface area contributed by atoms with Crippen LogP contribution in [0.1, 0.15) is 52.9 Å². The summed E-state index contributed by atoms with van der Waals surface area (Å²) in [5, 5.41) is 36.0. The molecule has 16 heteroatoms. The SMILES string of the molecule is CC(=O)N[C@@H](CC(=O)O)C(=O)N[C@@H](CCC(=O)O)C(=O)N[C@H](C(=O)N[C@@H](CCC(=O)O)C(=O)CCl)C(C)C. The molecule has 0 heterocycles. The van der Waals surface area contributed by atoms with Gasteiger partial charge in [-0.2, -0.15) is 0 Å². The second-order valence-corrected chi connectivity index (χ2v) is 8.94. The zero-order valence-corrected chi connectivity index (χ0v) is 21.9. The van der Waals surface area contributed by atoms with Gasteiger partial charge in [-0.15, -0.1) is 11.6 Å². The summed E-state index contributed by atoms with van der Waals surface area (Å²) in [7, 11) is 0. The standard InChI is InChI=1S/C22H33ClN4O11/c1-10(2)19(22(38)25-12(15(29)9-23)4-6-16(30)31)27-20(36)13(5-7-17(32)33)26-21(37)14(8-18(34)35)24-11(3)28/h10,12-14,19H,4-9H2,1-3H3,(H,24,28)(H,25,38)(H,26,37)(H,27,36)(H,30,31)(H,32,33)(H,34,35)/t12-,13-,14-,19-/m0/s1. The molecule has 0 bridgehead atoms. The van der Waals surface area contributed by atoms with Gasteiger partial charge in [-0.1, -0.05) is 13.8 Å². The molecule has 4 amide bonds. The lowest BCUT2D eigenvalue weighted by Crippen LogP contribution is -2.59. The Hall–Kier alpha value is -3.75. The van der Waals surface area contributed by atoms with E-state index >= 15 is 0 Å². The van der Waals surface area contributed by atoms with Crippen LogP contribution in [-0.4, -0.2) is 92.7 Å². The summed E-state index contributed by atoms with van der Waals surface area (Å²) in [6.07, 6.45) is -2.53. The van der Waals surface area contributed by atoms with Crippen molar-refractivity contribution in [3.63, 3.8) is 0 Å². The van der Waals surface area contributed by atoms with E-state index in [4.69, 9.17) is 26.9 Å². The number of alkyl halides is 1. The van der Waals surface area contributed by atoms with Crippen LogP contribution in [-0.2, 0) is 38.4 Å². The molecule has 0 aliphatic rings. The number of halogens is 1. The first-order valence-corrected chi connectivity index (χ1v) is 12.0. The van der Waals surface area contributed by atoms with Crippen LogP contribution in [0.25, 0.3) is 0 Å². The van der Waals surface area contributed by atoms with Crippen LogP contribution >= 0.6 is 11.6 Å². The topological polar surface area (TPSA) is 245 Å². The number of hydrogen-bond acceptors (Lipinski definition) is 8. The van der Waals surface area contributed by atoms with E-state index in [1.807, 2.05) is 0 Å². The van der Waals surface area contributed by atoms with Crippen LogP contribution in [0.15, 0.2) is 0 Å². The molecule has 0 spiro atoms. The molecular formula is C22H33ClN4O11. The minimum atomic E-state index is -1.56. The maximum absolute atomic E-state index is 13.0. The number of carbonyl (C=O) groups excluding carboxylic acids is 5. The third-order valence-electron chi connectivity index (χ3n) is 5.08. The number of carbonyl (C=O) groups is 8. The lowest BCUT2D eigenvalue weighted by atomic mass is 10.00. The van der Waals surface area contributed by atoms with Gasteiger partial charge in [0.2, 0.25) is 23.6 Å². The van der Waals surface area contributed by atoms with Gasteiger partial charge in [-0.25, -0.2) is 0 Å². The van der Waals surface area contributed by atoms with Crippen LogP contribution < -0.4 is 21.3 Å². The van der Waals surface area contributed by atoms with Crippen molar-refractivity contribution in [3.8, 4) is 0 Å². The molecule has 7 N–H and O–H groups in total. The zero-order valence-electron chi connectivity index (χ0n) is 21.1. The number of carboxylic acids is 3. The Morgan fingerprint density at radius 2 is 1.13 bits per heavy atom. The number of nitrogens with one attached hydrogen (secondary N) is 4. The van der Waals surface area contributed by atoms with E-state index in [2.05, 4.69) is 21.3 Å². The van der Waals surface area contributed by atoms with Crippen molar-refractivity contribution in [2.45, 2.75) is 77.0 Å². The molecule has 0 unspecified atom stereocenters. The lowest BCUT2D eigenvalue weighted by Gasteiger charge is -2.27. The van der Waals surface area contributed by atoms with Crippen LogP contribution in [0.4, 0.5) is 0 Å². The van der Waals surface area contributed by atoms with Gasteiger partial charge in [0.1, 0.15) is 18.1 Å². The van der Waals surface area contributed by atoms with Crippen LogP contribution in [0.2, 0.25) is 0 Å². The van der Waals surface area contributed by atoms with E-state index in [1.165, 1.54) is 0 Å². The molecule has 38 heavy (non-hydrogen) atoms. The lowest BCUT2D eigenvalue weighted by molar-refractivity contribution is -0.141. The first-order valence-electron chi connectivity index (χ1n) is 11.5. The first kappa shape index (κ1) is 34.2. The van der Waals surface area contributed by atoms with Gasteiger partial charge in [0.05, 0.1) is 18.3 Å². The Morgan fingerprint density at radius 1 is 0.658 bits per heavy atom. The second kappa shape index (κ2) is 16.9. The molecule has 15 nitrogen and oxygen atoms in total. The Kier molecular flexibility index (Phi) is 15.2. The van der Waals surface area contributed by atoms with E-state index in [-0.39, 0.29) is 6.42 Å². The van der Waals surface area contributed by atoms with Crippen LogP contribution in [0, 0.1) is 5.92 Å². The average molecular weight is 565 g/mol. The van der Waals surface area contributed by atoms with Crippen molar-refractivity contribution in [2.75, 3.05) is 5.88 Å². The molecule has 0 rings (SSSR count). The molecule has 4 atom stereocenters. The van der Waals surface area contributed by atoms with Crippen LogP contribution in [0.5, 0.6) is 0 Å². The minimum Gasteiger partial charge on any atom is -0.481 e. The quantitative estimate of drug-likeness (QED) is 0.0955. The van der Waals surface area contributed by atoms with Crippen molar-refractivity contribution in [1.29, 1.82) is 0 Å². The first-order chi connectivity index (χ1) is 17.6. The van der Waals surface area contributed by atoms with E-state index in [0.29, 0.717) is 0 Å². The summed E-state index contributed by atoms with van der Waals surface area (Å²) >= 11 is 5.54. The smallest absolute Gasteiger partial charge is 0.305 e. The molecule has 0 fully saturated rings. The van der Waals surface area contributed by atoms with Gasteiger partial charge in [0.25, 0.3) is 0 Å². The number of rotatable bonds is 18. The summed E-state index contributed by atoms with van der Waals surface area (Å²) in [6, 6.07) is -5.64. The third-order valence-corrected chi connectivity index (χ3v) is 5.35. The molecule has 0 aliphatic heterocycles. The van der Waals surface area contributed by atoms with Crippen molar-refractivity contribution in [1.82, 2.24) is 21.3 Å². The molecule has 0 aromatic heterocycles. The minimum absolute atomic E-state index is 0.253. The van der Waals surface area contributed by atoms with E-state index in [9.17, 15) is 38.4 Å². The Bertz CT molecular complexity index is 909. The number of amides is 4. The third kappa shape index (κ3) is 13.5. The second-order valence-electron chi connectivity index (χ2n) is 8.67. The molecule has 0 saturated carbocycles. The summed E-state index contributed by atoms with van der Waals surface area (Å²) < 4.78 is 0. The Balaban J connectivity index is 5.78. The predicted molar refractivity (Wildman–Crippen MR) is 130 cm³/mol. The van der Waals surface area contributed by atoms with Gasteiger partial charge in [0, 0.05) is 19.8 Å². The van der Waals surface area contributed by atoms with Gasteiger partial charge < -0.3 is 36.6 Å². The monoisotopic (exact) mass is 564 g/mol. The highest BCUT2D eigenvalue weighted by Gasteiger charge is 2.33. The van der Waals surface area contributed by atoms with Gasteiger partial charge in [0.15, 0.2) is 5.78 Å². The average Bonchev–Trinajstić information content (AvgIpc) is 2.80. The predicted octanol–water partition coefficient (Wildman–Crippen LogP) is -1.39. The van der Waals surface area contributed by atoms with Crippen LogP contribution in [0.3, 0.4) is 0 Å². The Morgan fingerprint density at radius 3 is 1.55 bits per heavy atom. The Labute approximate surface area is 223 Å². The molecule has 0 saturated heterocycles. The fraction of sp³-hybridized carbons (Fsp3) is 0.636. The molecule has 0 aromatic carbocycles. The summed E-state index contributed by atoms with van der Waals surface area (Å²) in [5.74, 6) is -9.31. The highest BCUT2D eigenvalue weighted by molar-refractivity contribution is 6.28. The number of carboxylic acid groups (broad SMARTS) is 3. The largest absolute Gasteiger partial charge is 0.481 e. The molecule has 0 aliphatic carbocycles. The highest BCUT2D eigenvalue weighted by Crippen LogP contribution is 2.08. The number of Topliss-reactive ketones (excluding diaryl/α,β-unsaturated/α-hetero) is 1. The van der Waals surface area contributed by atoms with Crippen molar-refractivity contribution >= 4 is 58.9 Å². The maximum Gasteiger partial charge on any atom is 0.305 e. The molecule has 0 aromatic rings. The summed E-state index contributed by atoms with van der Waals surface area (Å²) in [6.45, 7) is 4.14. The van der Waals surface area contributed by atoms with Crippen molar-refractivity contribution < 1.29 is 53.7 Å².